The lowest BCUT2D eigenvalue weighted by molar-refractivity contribution is 0.0971. The van der Waals surface area contributed by atoms with Crippen molar-refractivity contribution in [1.29, 1.82) is 0 Å². The van der Waals surface area contributed by atoms with Crippen LogP contribution in [0.25, 0.3) is 5.13 Å². The molecule has 4 rings (SSSR count). The molecule has 0 aliphatic heterocycles. The molecule has 0 saturated heterocycles. The number of hydrogen-bond acceptors (Lipinski definition) is 4. The first-order chi connectivity index (χ1) is 8.84. The Morgan fingerprint density at radius 2 is 2.22 bits per heavy atom. The molecule has 0 spiro atoms. The van der Waals surface area contributed by atoms with E-state index in [-0.39, 0.29) is 5.78 Å². The van der Waals surface area contributed by atoms with E-state index in [0.717, 1.165) is 34.9 Å². The third-order valence-electron chi connectivity index (χ3n) is 3.67. The molecule has 18 heavy (non-hydrogen) atoms. The van der Waals surface area contributed by atoms with Crippen LogP contribution in [0.3, 0.4) is 0 Å². The van der Waals surface area contributed by atoms with E-state index in [0.29, 0.717) is 12.3 Å². The molecule has 0 bridgehead atoms. The number of ketones is 1. The fraction of sp³-hybridized carbons (Fsp3) is 0.462. The number of hydrogen-bond donors (Lipinski definition) is 0. The summed E-state index contributed by atoms with van der Waals surface area (Å²) in [6.45, 7) is 0. The van der Waals surface area contributed by atoms with Gasteiger partial charge in [-0.25, -0.2) is 9.67 Å². The quantitative estimate of drug-likeness (QED) is 0.833. The van der Waals surface area contributed by atoms with Crippen LogP contribution in [0, 0.1) is 0 Å². The van der Waals surface area contributed by atoms with E-state index in [4.69, 9.17) is 5.10 Å². The highest BCUT2D eigenvalue weighted by Crippen LogP contribution is 2.43. The van der Waals surface area contributed by atoms with Gasteiger partial charge in [0, 0.05) is 23.9 Å². The van der Waals surface area contributed by atoms with Gasteiger partial charge in [0.15, 0.2) is 5.78 Å². The number of carbonyl (C=O) groups excluding carboxylic acids is 1. The van der Waals surface area contributed by atoms with Crippen LogP contribution in [0.2, 0.25) is 0 Å². The predicted octanol–water partition coefficient (Wildman–Crippen LogP) is 2.73. The Morgan fingerprint density at radius 3 is 2.94 bits per heavy atom. The molecule has 1 saturated carbocycles. The molecule has 2 heterocycles. The maximum Gasteiger partial charge on any atom is 0.210 e. The summed E-state index contributed by atoms with van der Waals surface area (Å²) in [5, 5.41) is 7.52. The average Bonchev–Trinajstić information content (AvgIpc) is 2.93. The maximum atomic E-state index is 12.2. The molecule has 1 fully saturated rings. The zero-order valence-electron chi connectivity index (χ0n) is 9.93. The second kappa shape index (κ2) is 3.75. The molecular weight excluding hydrogens is 246 g/mol. The van der Waals surface area contributed by atoms with Gasteiger partial charge in [0.1, 0.15) is 0 Å². The summed E-state index contributed by atoms with van der Waals surface area (Å²) in [5.74, 6) is 0.794. The van der Waals surface area contributed by atoms with E-state index in [2.05, 4.69) is 4.98 Å². The van der Waals surface area contributed by atoms with E-state index in [1.54, 1.807) is 17.5 Å². The standard InChI is InChI=1S/C13H13N3OS/c17-10-3-1-2-9-11(10)12(8-4-5-8)15-16(9)13-14-6-7-18-13/h6-8H,1-5H2. The number of carbonyl (C=O) groups is 1. The molecule has 4 nitrogen and oxygen atoms in total. The number of nitrogens with zero attached hydrogens (tertiary/aromatic N) is 3. The Labute approximate surface area is 109 Å². The van der Waals surface area contributed by atoms with Gasteiger partial charge in [0.25, 0.3) is 0 Å². The van der Waals surface area contributed by atoms with Crippen LogP contribution in [0.1, 0.15) is 53.3 Å². The first-order valence-corrected chi connectivity index (χ1v) is 7.27. The van der Waals surface area contributed by atoms with Crippen molar-refractivity contribution in [1.82, 2.24) is 14.8 Å². The summed E-state index contributed by atoms with van der Waals surface area (Å²) in [5.41, 5.74) is 3.03. The molecule has 0 N–H and O–H groups in total. The van der Waals surface area contributed by atoms with Gasteiger partial charge in [-0.15, -0.1) is 11.3 Å². The van der Waals surface area contributed by atoms with Crippen molar-refractivity contribution in [2.45, 2.75) is 38.0 Å². The van der Waals surface area contributed by atoms with Crippen molar-refractivity contribution in [3.05, 3.63) is 28.5 Å². The topological polar surface area (TPSA) is 47.8 Å². The maximum absolute atomic E-state index is 12.2. The predicted molar refractivity (Wildman–Crippen MR) is 68.5 cm³/mol. The minimum absolute atomic E-state index is 0.279. The third kappa shape index (κ3) is 1.47. The molecule has 5 heteroatoms. The van der Waals surface area contributed by atoms with Gasteiger partial charge in [-0.2, -0.15) is 5.10 Å². The van der Waals surface area contributed by atoms with Crippen LogP contribution in [0.5, 0.6) is 0 Å². The molecular formula is C13H13N3OS. The largest absolute Gasteiger partial charge is 0.294 e. The van der Waals surface area contributed by atoms with E-state index >= 15 is 0 Å². The van der Waals surface area contributed by atoms with Gasteiger partial charge >= 0.3 is 0 Å². The van der Waals surface area contributed by atoms with Gasteiger partial charge in [-0.1, -0.05) is 0 Å². The number of fused-ring (bicyclic) bond motifs is 1. The van der Waals surface area contributed by atoms with Gasteiger partial charge in [0.05, 0.1) is 17.0 Å². The van der Waals surface area contributed by atoms with Gasteiger partial charge in [-0.05, 0) is 25.7 Å². The number of rotatable bonds is 2. The highest BCUT2D eigenvalue weighted by Gasteiger charge is 2.36. The second-order valence-electron chi connectivity index (χ2n) is 4.98. The van der Waals surface area contributed by atoms with Crippen LogP contribution in [0.15, 0.2) is 11.6 Å². The van der Waals surface area contributed by atoms with Gasteiger partial charge in [0.2, 0.25) is 5.13 Å². The third-order valence-corrected chi connectivity index (χ3v) is 4.42. The molecule has 92 valence electrons. The molecule has 2 aliphatic rings. The molecule has 0 radical (unpaired) electrons. The molecule has 0 unspecified atom stereocenters. The Morgan fingerprint density at radius 1 is 1.33 bits per heavy atom. The Kier molecular flexibility index (Phi) is 2.17. The summed E-state index contributed by atoms with van der Waals surface area (Å²) < 4.78 is 1.91. The normalized spacial score (nSPS) is 19.0. The fourth-order valence-corrected chi connectivity index (χ4v) is 3.29. The molecule has 0 atom stereocenters. The smallest absolute Gasteiger partial charge is 0.210 e. The lowest BCUT2D eigenvalue weighted by atomic mass is 9.93. The highest BCUT2D eigenvalue weighted by molar-refractivity contribution is 7.12. The van der Waals surface area contributed by atoms with Crippen LogP contribution in [-0.2, 0) is 6.42 Å². The Balaban J connectivity index is 1.94. The first kappa shape index (κ1) is 10.4. The van der Waals surface area contributed by atoms with Crippen LogP contribution in [-0.4, -0.2) is 20.5 Å². The molecule has 0 aromatic carbocycles. The average molecular weight is 259 g/mol. The van der Waals surface area contributed by atoms with E-state index in [1.807, 2.05) is 10.1 Å². The van der Waals surface area contributed by atoms with Crippen molar-refractivity contribution >= 4 is 17.1 Å². The molecule has 0 amide bonds. The van der Waals surface area contributed by atoms with Crippen LogP contribution in [0.4, 0.5) is 0 Å². The highest BCUT2D eigenvalue weighted by atomic mass is 32.1. The summed E-state index contributed by atoms with van der Waals surface area (Å²) in [4.78, 5) is 16.5. The summed E-state index contributed by atoms with van der Waals surface area (Å²) in [6, 6.07) is 0. The second-order valence-corrected chi connectivity index (χ2v) is 5.86. The minimum atomic E-state index is 0.279. The van der Waals surface area contributed by atoms with Crippen molar-refractivity contribution in [2.75, 3.05) is 0 Å². The number of Topliss-reactive ketones (excluding diaryl/α,β-unsaturated/α-hetero) is 1. The monoisotopic (exact) mass is 259 g/mol. The molecule has 2 aliphatic carbocycles. The van der Waals surface area contributed by atoms with Crippen LogP contribution < -0.4 is 0 Å². The van der Waals surface area contributed by atoms with Crippen LogP contribution >= 0.6 is 11.3 Å². The SMILES string of the molecule is O=C1CCCc2c1c(C1CC1)nn2-c1nccs1. The minimum Gasteiger partial charge on any atom is -0.294 e. The van der Waals surface area contributed by atoms with Gasteiger partial charge < -0.3 is 0 Å². The Bertz CT molecular complexity index is 610. The number of thiazole rings is 1. The molecule has 2 aromatic rings. The Hall–Kier alpha value is -1.49. The van der Waals surface area contributed by atoms with E-state index < -0.39 is 0 Å². The first-order valence-electron chi connectivity index (χ1n) is 6.39. The molecule has 2 aromatic heterocycles. The summed E-state index contributed by atoms with van der Waals surface area (Å²) in [6.07, 6.45) is 6.70. The zero-order chi connectivity index (χ0) is 12.1. The summed E-state index contributed by atoms with van der Waals surface area (Å²) >= 11 is 1.57. The van der Waals surface area contributed by atoms with Crippen molar-refractivity contribution in [3.63, 3.8) is 0 Å². The number of aromatic nitrogens is 3. The van der Waals surface area contributed by atoms with E-state index in [1.165, 1.54) is 12.8 Å². The van der Waals surface area contributed by atoms with E-state index in [9.17, 15) is 4.79 Å². The lowest BCUT2D eigenvalue weighted by Gasteiger charge is -2.12. The zero-order valence-corrected chi connectivity index (χ0v) is 10.7. The van der Waals surface area contributed by atoms with Gasteiger partial charge in [-0.3, -0.25) is 4.79 Å². The summed E-state index contributed by atoms with van der Waals surface area (Å²) in [7, 11) is 0. The van der Waals surface area contributed by atoms with Crippen molar-refractivity contribution in [3.8, 4) is 5.13 Å². The lowest BCUT2D eigenvalue weighted by Crippen LogP contribution is -2.13. The fourth-order valence-electron chi connectivity index (χ4n) is 2.67. The van der Waals surface area contributed by atoms with Crippen molar-refractivity contribution < 1.29 is 4.79 Å². The van der Waals surface area contributed by atoms with Crippen molar-refractivity contribution in [2.24, 2.45) is 0 Å².